The number of halogens is 4. The lowest BCUT2D eigenvalue weighted by Gasteiger charge is -2.39. The van der Waals surface area contributed by atoms with Crippen molar-refractivity contribution in [3.8, 4) is 0 Å². The van der Waals surface area contributed by atoms with Crippen LogP contribution in [0.2, 0.25) is 5.02 Å². The number of alkyl halides is 3. The molecule has 2 aromatic carbocycles. The number of hydrogen-bond acceptors (Lipinski definition) is 1. The number of hydrogen-bond donors (Lipinski definition) is 1. The molecule has 0 aromatic heterocycles. The second-order valence-corrected chi connectivity index (χ2v) is 7.12. The number of allylic oxidation sites excluding steroid dienone is 2. The van der Waals surface area contributed by atoms with Gasteiger partial charge < -0.3 is 5.32 Å². The third kappa shape index (κ3) is 2.63. The average molecular weight is 364 g/mol. The van der Waals surface area contributed by atoms with Crippen LogP contribution in [-0.2, 0) is 6.18 Å². The van der Waals surface area contributed by atoms with Crippen LogP contribution in [0, 0.1) is 12.8 Å². The Morgan fingerprint density at radius 2 is 1.88 bits per heavy atom. The van der Waals surface area contributed by atoms with Gasteiger partial charge >= 0.3 is 6.18 Å². The molecule has 5 heteroatoms. The molecule has 3 atom stereocenters. The van der Waals surface area contributed by atoms with Crippen LogP contribution in [0.3, 0.4) is 0 Å². The summed E-state index contributed by atoms with van der Waals surface area (Å²) in [5.74, 6) is 0.0604. The Bertz CT molecular complexity index is 857. The molecule has 0 saturated heterocycles. The van der Waals surface area contributed by atoms with E-state index in [0.29, 0.717) is 10.6 Å². The van der Waals surface area contributed by atoms with Gasteiger partial charge in [-0.2, -0.15) is 13.2 Å². The number of rotatable bonds is 1. The van der Waals surface area contributed by atoms with Crippen molar-refractivity contribution in [2.45, 2.75) is 31.5 Å². The summed E-state index contributed by atoms with van der Waals surface area (Å²) in [6.07, 6.45) is 0.495. The Hall–Kier alpha value is -1.94. The maximum atomic E-state index is 13.5. The van der Waals surface area contributed by atoms with E-state index in [1.54, 1.807) is 12.1 Å². The van der Waals surface area contributed by atoms with Crippen LogP contribution in [0.15, 0.2) is 48.6 Å². The third-order valence-corrected chi connectivity index (χ3v) is 5.61. The van der Waals surface area contributed by atoms with E-state index in [1.807, 2.05) is 25.1 Å². The second-order valence-electron chi connectivity index (χ2n) is 6.71. The molecule has 1 heterocycles. The molecular weight excluding hydrogens is 347 g/mol. The molecule has 1 N–H and O–H groups in total. The third-order valence-electron chi connectivity index (χ3n) is 5.28. The summed E-state index contributed by atoms with van der Waals surface area (Å²) >= 11 is 6.42. The molecule has 1 aliphatic heterocycles. The molecule has 0 radical (unpaired) electrons. The maximum absolute atomic E-state index is 13.5. The topological polar surface area (TPSA) is 12.0 Å². The molecule has 25 heavy (non-hydrogen) atoms. The van der Waals surface area contributed by atoms with E-state index in [1.165, 1.54) is 6.07 Å². The largest absolute Gasteiger partial charge is 0.416 e. The molecule has 2 aromatic rings. The van der Waals surface area contributed by atoms with Gasteiger partial charge in [0.05, 0.1) is 11.6 Å². The predicted molar refractivity (Wildman–Crippen MR) is 94.0 cm³/mol. The molecule has 0 unspecified atom stereocenters. The molecule has 1 aliphatic carbocycles. The van der Waals surface area contributed by atoms with Gasteiger partial charge in [0, 0.05) is 22.2 Å². The number of benzene rings is 2. The Morgan fingerprint density at radius 1 is 1.12 bits per heavy atom. The first-order valence-electron chi connectivity index (χ1n) is 8.26. The van der Waals surface area contributed by atoms with Crippen molar-refractivity contribution in [2.24, 2.45) is 5.92 Å². The van der Waals surface area contributed by atoms with Crippen molar-refractivity contribution in [1.29, 1.82) is 0 Å². The van der Waals surface area contributed by atoms with E-state index in [0.717, 1.165) is 29.3 Å². The van der Waals surface area contributed by atoms with Crippen LogP contribution >= 0.6 is 11.6 Å². The number of fused-ring (bicyclic) bond motifs is 3. The zero-order chi connectivity index (χ0) is 17.8. The summed E-state index contributed by atoms with van der Waals surface area (Å²) in [4.78, 5) is 0. The van der Waals surface area contributed by atoms with Crippen molar-refractivity contribution in [2.75, 3.05) is 5.32 Å². The first kappa shape index (κ1) is 16.5. The highest BCUT2D eigenvalue weighted by molar-refractivity contribution is 6.32. The summed E-state index contributed by atoms with van der Waals surface area (Å²) in [5.41, 5.74) is 2.59. The monoisotopic (exact) mass is 363 g/mol. The Kier molecular flexibility index (Phi) is 3.84. The first-order valence-corrected chi connectivity index (χ1v) is 8.64. The van der Waals surface area contributed by atoms with Gasteiger partial charge in [-0.1, -0.05) is 48.0 Å². The van der Waals surface area contributed by atoms with Crippen LogP contribution in [0.25, 0.3) is 0 Å². The number of anilines is 1. The minimum Gasteiger partial charge on any atom is -0.377 e. The van der Waals surface area contributed by atoms with E-state index >= 15 is 0 Å². The van der Waals surface area contributed by atoms with E-state index in [2.05, 4.69) is 11.4 Å². The molecule has 0 amide bonds. The van der Waals surface area contributed by atoms with E-state index in [4.69, 9.17) is 11.6 Å². The lowest BCUT2D eigenvalue weighted by atomic mass is 9.75. The molecule has 4 rings (SSSR count). The highest BCUT2D eigenvalue weighted by Crippen LogP contribution is 2.53. The molecule has 130 valence electrons. The molecule has 0 fully saturated rings. The Labute approximate surface area is 149 Å². The summed E-state index contributed by atoms with van der Waals surface area (Å²) < 4.78 is 40.6. The van der Waals surface area contributed by atoms with Crippen molar-refractivity contribution >= 4 is 17.3 Å². The van der Waals surface area contributed by atoms with Gasteiger partial charge in [0.15, 0.2) is 0 Å². The van der Waals surface area contributed by atoms with E-state index in [-0.39, 0.29) is 11.8 Å². The molecular formula is C20H17ClF3N. The highest BCUT2D eigenvalue weighted by Gasteiger charge is 2.43. The van der Waals surface area contributed by atoms with Crippen molar-refractivity contribution in [3.05, 3.63) is 75.8 Å². The van der Waals surface area contributed by atoms with Gasteiger partial charge in [-0.3, -0.25) is 0 Å². The quantitative estimate of drug-likeness (QED) is 0.571. The van der Waals surface area contributed by atoms with Crippen LogP contribution in [0.4, 0.5) is 18.9 Å². The van der Waals surface area contributed by atoms with Gasteiger partial charge in [0.2, 0.25) is 0 Å². The van der Waals surface area contributed by atoms with Gasteiger partial charge in [-0.25, -0.2) is 0 Å². The SMILES string of the molecule is Cc1ccc(Cl)c2c1N[C@H](c1ccccc1C(F)(F)F)[C@@H]1CC=C[C@H]21. The normalized spacial score (nSPS) is 24.6. The molecule has 2 aliphatic rings. The second kappa shape index (κ2) is 5.80. The molecule has 0 bridgehead atoms. The lowest BCUT2D eigenvalue weighted by Crippen LogP contribution is -2.31. The average Bonchev–Trinajstić information content (AvgIpc) is 3.06. The fourth-order valence-corrected chi connectivity index (χ4v) is 4.43. The van der Waals surface area contributed by atoms with E-state index < -0.39 is 17.8 Å². The first-order chi connectivity index (χ1) is 11.9. The maximum Gasteiger partial charge on any atom is 0.416 e. The van der Waals surface area contributed by atoms with Crippen LogP contribution in [-0.4, -0.2) is 0 Å². The predicted octanol–water partition coefficient (Wildman–Crippen LogP) is 6.49. The van der Waals surface area contributed by atoms with E-state index in [9.17, 15) is 13.2 Å². The number of nitrogens with one attached hydrogen (secondary N) is 1. The van der Waals surface area contributed by atoms with Crippen molar-refractivity contribution < 1.29 is 13.2 Å². The Balaban J connectivity index is 1.88. The van der Waals surface area contributed by atoms with Crippen molar-refractivity contribution in [3.63, 3.8) is 0 Å². The van der Waals surface area contributed by atoms with Crippen molar-refractivity contribution in [1.82, 2.24) is 0 Å². The zero-order valence-electron chi connectivity index (χ0n) is 13.6. The number of aryl methyl sites for hydroxylation is 1. The summed E-state index contributed by atoms with van der Waals surface area (Å²) in [7, 11) is 0. The summed E-state index contributed by atoms with van der Waals surface area (Å²) in [5, 5.41) is 4.05. The standard InChI is InChI=1S/C20H17ClF3N/c1-11-9-10-16(21)17-12-6-4-7-13(12)19(25-18(11)17)14-5-2-3-8-15(14)20(22,23)24/h2-6,8-10,12-13,19,25H,7H2,1H3/t12-,13+,19-/m0/s1. The zero-order valence-corrected chi connectivity index (χ0v) is 14.3. The van der Waals surface area contributed by atoms with Crippen LogP contribution in [0.5, 0.6) is 0 Å². The van der Waals surface area contributed by atoms with Gasteiger partial charge in [-0.05, 0) is 42.5 Å². The van der Waals surface area contributed by atoms with Crippen LogP contribution in [0.1, 0.15) is 40.6 Å². The van der Waals surface area contributed by atoms with Gasteiger partial charge in [0.1, 0.15) is 0 Å². The summed E-state index contributed by atoms with van der Waals surface area (Å²) in [6.45, 7) is 1.95. The molecule has 0 spiro atoms. The minimum atomic E-state index is -4.37. The smallest absolute Gasteiger partial charge is 0.377 e. The molecule has 0 saturated carbocycles. The fraction of sp³-hybridized carbons (Fsp3) is 0.300. The summed E-state index contributed by atoms with van der Waals surface area (Å²) in [6, 6.07) is 9.22. The Morgan fingerprint density at radius 3 is 2.64 bits per heavy atom. The van der Waals surface area contributed by atoms with Crippen LogP contribution < -0.4 is 5.32 Å². The molecule has 1 nitrogen and oxygen atoms in total. The fourth-order valence-electron chi connectivity index (χ4n) is 4.14. The minimum absolute atomic E-state index is 0.0234. The highest BCUT2D eigenvalue weighted by atomic mass is 35.5. The van der Waals surface area contributed by atoms with Gasteiger partial charge in [0.25, 0.3) is 0 Å². The lowest BCUT2D eigenvalue weighted by molar-refractivity contribution is -0.138. The van der Waals surface area contributed by atoms with Gasteiger partial charge in [-0.15, -0.1) is 0 Å².